The Balaban J connectivity index is 1.22. The van der Waals surface area contributed by atoms with E-state index >= 15 is 0 Å². The maximum atomic E-state index is 13.6. The average molecular weight is 608 g/mol. The van der Waals surface area contributed by atoms with Gasteiger partial charge in [-0.05, 0) is 67.1 Å². The summed E-state index contributed by atoms with van der Waals surface area (Å²) in [5.41, 5.74) is 2.82. The highest BCUT2D eigenvalue weighted by Crippen LogP contribution is 2.34. The summed E-state index contributed by atoms with van der Waals surface area (Å²) >= 11 is 6.19. The second-order valence-electron chi connectivity index (χ2n) is 11.1. The first kappa shape index (κ1) is 30.2. The first-order chi connectivity index (χ1) is 20.7. The van der Waals surface area contributed by atoms with E-state index in [0.29, 0.717) is 16.3 Å². The lowest BCUT2D eigenvalue weighted by molar-refractivity contribution is -0.911. The molecule has 2 aliphatic heterocycles. The Morgan fingerprint density at radius 2 is 1.81 bits per heavy atom. The van der Waals surface area contributed by atoms with Crippen molar-refractivity contribution in [3.63, 3.8) is 0 Å². The number of hydrogen-bond donors (Lipinski definition) is 3. The molecule has 226 valence electrons. The molecule has 5 rings (SSSR count). The number of halogens is 1. The minimum Gasteiger partial charge on any atom is -0.462 e. The third kappa shape index (κ3) is 7.97. The van der Waals surface area contributed by atoms with Gasteiger partial charge in [0.05, 0.1) is 38.3 Å². The second-order valence-corrected chi connectivity index (χ2v) is 11.6. The average Bonchev–Trinajstić information content (AvgIpc) is 3.59. The van der Waals surface area contributed by atoms with E-state index in [0.717, 1.165) is 53.2 Å². The standard InChI is InChI=1S/C32H35ClN4O6/c1-3-41-31(39)23-8-10-25(11-9-23)35-32(40)36-27(16-21-5-4-6-24(33)15-21)30(38)34-26-13-14-37(2,19-26)18-22-7-12-28-29(17-22)43-20-42-28/h4-12,15,17,26-27H,3,13-14,16,18-20H2,1-2H3,(H2-,34,35,36,38,39,40)/p+1/t26-,27-,37?/m0/s1. The van der Waals surface area contributed by atoms with Gasteiger partial charge in [0.1, 0.15) is 12.6 Å². The molecule has 1 saturated heterocycles. The summed E-state index contributed by atoms with van der Waals surface area (Å²) in [5.74, 6) is 0.814. The number of urea groups is 1. The molecule has 0 aromatic heterocycles. The van der Waals surface area contributed by atoms with Gasteiger partial charge in [0.2, 0.25) is 12.7 Å². The summed E-state index contributed by atoms with van der Waals surface area (Å²) in [6.45, 7) is 4.70. The van der Waals surface area contributed by atoms with Crippen LogP contribution in [-0.2, 0) is 22.5 Å². The summed E-state index contributed by atoms with van der Waals surface area (Å²) in [4.78, 5) is 38.5. The summed E-state index contributed by atoms with van der Waals surface area (Å²) in [7, 11) is 2.18. The number of rotatable bonds is 10. The summed E-state index contributed by atoms with van der Waals surface area (Å²) in [5, 5.41) is 9.29. The molecule has 1 fully saturated rings. The Hall–Kier alpha value is -4.28. The Bertz CT molecular complexity index is 1480. The minimum atomic E-state index is -0.842. The van der Waals surface area contributed by atoms with Gasteiger partial charge >= 0.3 is 12.0 Å². The molecule has 2 aliphatic rings. The number of nitrogens with one attached hydrogen (secondary N) is 3. The lowest BCUT2D eigenvalue weighted by Crippen LogP contribution is -2.53. The zero-order chi connectivity index (χ0) is 30.4. The van der Waals surface area contributed by atoms with Gasteiger partial charge < -0.3 is 34.6 Å². The number of likely N-dealkylation sites (tertiary alicyclic amines) is 1. The minimum absolute atomic E-state index is 0.0475. The zero-order valence-corrected chi connectivity index (χ0v) is 25.0. The molecule has 43 heavy (non-hydrogen) atoms. The second kappa shape index (κ2) is 13.4. The van der Waals surface area contributed by atoms with E-state index in [4.69, 9.17) is 25.8 Å². The van der Waals surface area contributed by atoms with Crippen molar-refractivity contribution in [1.29, 1.82) is 0 Å². The Morgan fingerprint density at radius 1 is 1.02 bits per heavy atom. The quantitative estimate of drug-likeness (QED) is 0.231. The van der Waals surface area contributed by atoms with E-state index in [2.05, 4.69) is 29.1 Å². The highest BCUT2D eigenvalue weighted by molar-refractivity contribution is 6.30. The molecular weight excluding hydrogens is 572 g/mol. The van der Waals surface area contributed by atoms with Crippen LogP contribution in [0.1, 0.15) is 34.8 Å². The number of amides is 3. The van der Waals surface area contributed by atoms with Gasteiger partial charge in [0.25, 0.3) is 0 Å². The normalized spacial score (nSPS) is 19.4. The van der Waals surface area contributed by atoms with Crippen LogP contribution in [0.3, 0.4) is 0 Å². The third-order valence-electron chi connectivity index (χ3n) is 7.63. The van der Waals surface area contributed by atoms with Gasteiger partial charge in [0.15, 0.2) is 11.5 Å². The molecule has 0 bridgehead atoms. The summed E-state index contributed by atoms with van der Waals surface area (Å²) in [6.07, 6.45) is 1.08. The Kier molecular flexibility index (Phi) is 9.37. The largest absolute Gasteiger partial charge is 0.462 e. The predicted molar refractivity (Wildman–Crippen MR) is 162 cm³/mol. The van der Waals surface area contributed by atoms with Crippen LogP contribution in [-0.4, -0.2) is 68.0 Å². The number of ether oxygens (including phenoxy) is 3. The van der Waals surface area contributed by atoms with Crippen LogP contribution in [0.2, 0.25) is 5.02 Å². The van der Waals surface area contributed by atoms with Gasteiger partial charge in [-0.25, -0.2) is 9.59 Å². The van der Waals surface area contributed by atoms with E-state index < -0.39 is 18.0 Å². The fraction of sp³-hybridized carbons (Fsp3) is 0.344. The van der Waals surface area contributed by atoms with Crippen molar-refractivity contribution < 1.29 is 33.1 Å². The van der Waals surface area contributed by atoms with Crippen molar-refractivity contribution in [3.05, 3.63) is 88.4 Å². The molecule has 0 saturated carbocycles. The number of carbonyl (C=O) groups is 3. The predicted octanol–water partition coefficient (Wildman–Crippen LogP) is 4.51. The van der Waals surface area contributed by atoms with Gasteiger partial charge in [-0.3, -0.25) is 4.79 Å². The Morgan fingerprint density at radius 3 is 2.58 bits per heavy atom. The van der Waals surface area contributed by atoms with E-state index in [9.17, 15) is 14.4 Å². The molecule has 0 radical (unpaired) electrons. The molecule has 3 atom stereocenters. The molecule has 3 aromatic carbocycles. The SMILES string of the molecule is CCOC(=O)c1ccc(NC(=O)N[C@@H](Cc2cccc(Cl)c2)C(=O)N[C@H]2CC[N+](C)(Cc3ccc4c(c3)OCO4)C2)cc1. The maximum Gasteiger partial charge on any atom is 0.338 e. The van der Waals surface area contributed by atoms with E-state index in [-0.39, 0.29) is 31.8 Å². The van der Waals surface area contributed by atoms with Crippen LogP contribution in [0.4, 0.5) is 10.5 Å². The molecule has 0 spiro atoms. The maximum absolute atomic E-state index is 13.6. The molecular formula is C32H36ClN4O6+. The number of fused-ring (bicyclic) bond motifs is 1. The van der Waals surface area contributed by atoms with Gasteiger partial charge in [-0.15, -0.1) is 0 Å². The van der Waals surface area contributed by atoms with Crippen molar-refractivity contribution in [2.24, 2.45) is 0 Å². The van der Waals surface area contributed by atoms with Crippen molar-refractivity contribution >= 4 is 35.2 Å². The van der Waals surface area contributed by atoms with Gasteiger partial charge in [-0.1, -0.05) is 23.7 Å². The third-order valence-corrected chi connectivity index (χ3v) is 7.87. The monoisotopic (exact) mass is 607 g/mol. The number of esters is 1. The van der Waals surface area contributed by atoms with Crippen LogP contribution in [0.15, 0.2) is 66.7 Å². The number of nitrogens with zero attached hydrogens (tertiary/aromatic N) is 1. The van der Waals surface area contributed by atoms with E-state index in [1.165, 1.54) is 0 Å². The summed E-state index contributed by atoms with van der Waals surface area (Å²) < 4.78 is 16.7. The van der Waals surface area contributed by atoms with E-state index in [1.807, 2.05) is 24.3 Å². The van der Waals surface area contributed by atoms with Crippen LogP contribution < -0.4 is 25.4 Å². The molecule has 3 N–H and O–H groups in total. The molecule has 2 heterocycles. The highest BCUT2D eigenvalue weighted by atomic mass is 35.5. The molecule has 3 amide bonds. The smallest absolute Gasteiger partial charge is 0.338 e. The van der Waals surface area contributed by atoms with Crippen LogP contribution in [0.25, 0.3) is 0 Å². The number of hydrogen-bond acceptors (Lipinski definition) is 6. The van der Waals surface area contributed by atoms with Crippen molar-refractivity contribution in [2.75, 3.05) is 38.9 Å². The lowest BCUT2D eigenvalue weighted by atomic mass is 10.0. The zero-order valence-electron chi connectivity index (χ0n) is 24.2. The molecule has 11 heteroatoms. The number of likely N-dealkylation sites (N-methyl/N-ethyl adjacent to an activating group) is 1. The fourth-order valence-corrected chi connectivity index (χ4v) is 5.78. The number of benzene rings is 3. The molecule has 3 aromatic rings. The fourth-order valence-electron chi connectivity index (χ4n) is 5.56. The topological polar surface area (TPSA) is 115 Å². The van der Waals surface area contributed by atoms with Gasteiger partial charge in [-0.2, -0.15) is 0 Å². The van der Waals surface area contributed by atoms with Crippen LogP contribution in [0, 0.1) is 0 Å². The number of anilines is 1. The van der Waals surface area contributed by atoms with Crippen LogP contribution in [0.5, 0.6) is 11.5 Å². The first-order valence-electron chi connectivity index (χ1n) is 14.3. The first-order valence-corrected chi connectivity index (χ1v) is 14.7. The molecule has 10 nitrogen and oxygen atoms in total. The van der Waals surface area contributed by atoms with Gasteiger partial charge in [0, 0.05) is 29.1 Å². The Labute approximate surface area is 255 Å². The molecule has 1 unspecified atom stereocenters. The lowest BCUT2D eigenvalue weighted by Gasteiger charge is -2.30. The van der Waals surface area contributed by atoms with Crippen molar-refractivity contribution in [2.45, 2.75) is 38.4 Å². The van der Waals surface area contributed by atoms with Crippen LogP contribution >= 0.6 is 11.6 Å². The van der Waals surface area contributed by atoms with E-state index in [1.54, 1.807) is 43.3 Å². The number of quaternary nitrogens is 1. The summed E-state index contributed by atoms with van der Waals surface area (Å²) in [6, 6.07) is 18.2. The highest BCUT2D eigenvalue weighted by Gasteiger charge is 2.37. The van der Waals surface area contributed by atoms with Crippen molar-refractivity contribution in [3.8, 4) is 11.5 Å². The van der Waals surface area contributed by atoms with Crippen molar-refractivity contribution in [1.82, 2.24) is 10.6 Å². The number of carbonyl (C=O) groups excluding carboxylic acids is 3. The molecule has 0 aliphatic carbocycles.